The summed E-state index contributed by atoms with van der Waals surface area (Å²) in [5.74, 6) is 0.962. The van der Waals surface area contributed by atoms with E-state index in [-0.39, 0.29) is 24.6 Å². The van der Waals surface area contributed by atoms with Crippen LogP contribution in [-0.4, -0.2) is 23.8 Å². The van der Waals surface area contributed by atoms with Crippen LogP contribution < -0.4 is 15.4 Å². The van der Waals surface area contributed by atoms with Crippen LogP contribution in [-0.2, 0) is 6.61 Å². The van der Waals surface area contributed by atoms with Gasteiger partial charge in [-0.1, -0.05) is 42.5 Å². The van der Waals surface area contributed by atoms with E-state index in [2.05, 4.69) is 10.6 Å². The molecule has 3 N–H and O–H groups in total. The minimum absolute atomic E-state index is 0.0318. The van der Waals surface area contributed by atoms with Crippen molar-refractivity contribution in [3.8, 4) is 5.75 Å². The predicted octanol–water partition coefficient (Wildman–Crippen LogP) is 3.32. The molecular formula is C20H22N2O3. The van der Waals surface area contributed by atoms with Gasteiger partial charge in [-0.3, -0.25) is 0 Å². The van der Waals surface area contributed by atoms with Crippen molar-refractivity contribution in [1.82, 2.24) is 5.32 Å². The summed E-state index contributed by atoms with van der Waals surface area (Å²) in [5.41, 5.74) is 1.75. The fourth-order valence-corrected chi connectivity index (χ4v) is 2.72. The van der Waals surface area contributed by atoms with Gasteiger partial charge in [-0.2, -0.15) is 0 Å². The topological polar surface area (TPSA) is 70.6 Å². The number of ether oxygens (including phenoxy) is 1. The van der Waals surface area contributed by atoms with Gasteiger partial charge >= 0.3 is 6.03 Å². The molecule has 2 atom stereocenters. The highest BCUT2D eigenvalue weighted by Crippen LogP contribution is 2.17. The number of aliphatic hydroxyl groups is 1. The van der Waals surface area contributed by atoms with Crippen LogP contribution in [0.1, 0.15) is 12.0 Å². The second-order valence-electron chi connectivity index (χ2n) is 6.07. The molecule has 0 radical (unpaired) electrons. The minimum atomic E-state index is -0.249. The molecule has 2 aromatic carbocycles. The molecular weight excluding hydrogens is 316 g/mol. The van der Waals surface area contributed by atoms with E-state index < -0.39 is 0 Å². The molecule has 0 fully saturated rings. The molecule has 0 bridgehead atoms. The third-order valence-electron chi connectivity index (χ3n) is 4.08. The quantitative estimate of drug-likeness (QED) is 0.708. The molecule has 0 spiro atoms. The van der Waals surface area contributed by atoms with Gasteiger partial charge in [-0.05, 0) is 36.2 Å². The highest BCUT2D eigenvalue weighted by Gasteiger charge is 2.19. The lowest BCUT2D eigenvalue weighted by molar-refractivity contribution is 0.238. The van der Waals surface area contributed by atoms with Gasteiger partial charge in [-0.15, -0.1) is 0 Å². The van der Waals surface area contributed by atoms with Crippen LogP contribution in [0.5, 0.6) is 5.75 Å². The largest absolute Gasteiger partial charge is 0.489 e. The van der Waals surface area contributed by atoms with Crippen molar-refractivity contribution in [2.75, 3.05) is 11.9 Å². The molecule has 0 saturated heterocycles. The Kier molecular flexibility index (Phi) is 5.69. The number of hydrogen-bond acceptors (Lipinski definition) is 3. The predicted molar refractivity (Wildman–Crippen MR) is 97.5 cm³/mol. The van der Waals surface area contributed by atoms with Crippen molar-refractivity contribution >= 4 is 11.7 Å². The number of amides is 2. The standard InChI is InChI=1S/C20H22N2O3/c23-13-16-8-11-18(12-16)22-20(24)21-17-9-6-15(7-10-17)14-25-19-4-2-1-3-5-19/h1-11,16,18,23H,12-14H2,(H2,21,22,24)/t16-,18+/m0/s1. The molecule has 2 aromatic rings. The highest BCUT2D eigenvalue weighted by molar-refractivity contribution is 5.89. The Balaban J connectivity index is 1.46. The van der Waals surface area contributed by atoms with Crippen molar-refractivity contribution < 1.29 is 14.6 Å². The maximum atomic E-state index is 12.0. The van der Waals surface area contributed by atoms with Crippen molar-refractivity contribution in [2.24, 2.45) is 5.92 Å². The first kappa shape index (κ1) is 17.0. The number of aliphatic hydroxyl groups excluding tert-OH is 1. The average molecular weight is 338 g/mol. The van der Waals surface area contributed by atoms with E-state index in [1.807, 2.05) is 66.7 Å². The smallest absolute Gasteiger partial charge is 0.319 e. The van der Waals surface area contributed by atoms with Gasteiger partial charge in [0.05, 0.1) is 0 Å². The van der Waals surface area contributed by atoms with E-state index in [1.165, 1.54) is 0 Å². The monoisotopic (exact) mass is 338 g/mol. The van der Waals surface area contributed by atoms with E-state index in [0.29, 0.717) is 6.61 Å². The van der Waals surface area contributed by atoms with Crippen LogP contribution in [0.3, 0.4) is 0 Å². The molecule has 5 nitrogen and oxygen atoms in total. The Morgan fingerprint density at radius 2 is 1.84 bits per heavy atom. The van der Waals surface area contributed by atoms with E-state index >= 15 is 0 Å². The Morgan fingerprint density at radius 1 is 1.08 bits per heavy atom. The fraction of sp³-hybridized carbons (Fsp3) is 0.250. The minimum Gasteiger partial charge on any atom is -0.489 e. The lowest BCUT2D eigenvalue weighted by Crippen LogP contribution is -2.36. The van der Waals surface area contributed by atoms with Gasteiger partial charge in [0.2, 0.25) is 0 Å². The van der Waals surface area contributed by atoms with Crippen LogP contribution >= 0.6 is 0 Å². The third-order valence-corrected chi connectivity index (χ3v) is 4.08. The van der Waals surface area contributed by atoms with Crippen molar-refractivity contribution in [1.29, 1.82) is 0 Å². The van der Waals surface area contributed by atoms with E-state index in [1.54, 1.807) is 0 Å². The molecule has 5 heteroatoms. The molecule has 3 rings (SSSR count). The van der Waals surface area contributed by atoms with Crippen LogP contribution in [0.2, 0.25) is 0 Å². The Morgan fingerprint density at radius 3 is 2.52 bits per heavy atom. The summed E-state index contributed by atoms with van der Waals surface area (Å²) in [6.45, 7) is 0.592. The van der Waals surface area contributed by atoms with E-state index in [9.17, 15) is 4.79 Å². The summed E-state index contributed by atoms with van der Waals surface area (Å²) in [4.78, 5) is 12.0. The molecule has 25 heavy (non-hydrogen) atoms. The zero-order chi connectivity index (χ0) is 17.5. The number of hydrogen-bond donors (Lipinski definition) is 3. The molecule has 0 aromatic heterocycles. The molecule has 1 aliphatic carbocycles. The molecule has 130 valence electrons. The van der Waals surface area contributed by atoms with Crippen molar-refractivity contribution in [2.45, 2.75) is 19.1 Å². The van der Waals surface area contributed by atoms with Crippen molar-refractivity contribution in [3.63, 3.8) is 0 Å². The number of para-hydroxylation sites is 1. The number of urea groups is 1. The molecule has 1 aliphatic rings. The van der Waals surface area contributed by atoms with Crippen LogP contribution in [0.4, 0.5) is 10.5 Å². The normalized spacial score (nSPS) is 18.8. The maximum absolute atomic E-state index is 12.0. The summed E-state index contributed by atoms with van der Waals surface area (Å²) < 4.78 is 5.69. The molecule has 0 aliphatic heterocycles. The van der Waals surface area contributed by atoms with Crippen LogP contribution in [0, 0.1) is 5.92 Å². The summed E-state index contributed by atoms with van der Waals surface area (Å²) in [5, 5.41) is 14.8. The number of benzene rings is 2. The van der Waals surface area contributed by atoms with Gasteiger partial charge in [-0.25, -0.2) is 4.79 Å². The van der Waals surface area contributed by atoms with E-state index in [4.69, 9.17) is 9.84 Å². The Labute approximate surface area is 147 Å². The number of nitrogens with one attached hydrogen (secondary N) is 2. The molecule has 0 saturated carbocycles. The van der Waals surface area contributed by atoms with Crippen molar-refractivity contribution in [3.05, 3.63) is 72.3 Å². The van der Waals surface area contributed by atoms with Gasteiger partial charge < -0.3 is 20.5 Å². The Bertz CT molecular complexity index is 713. The van der Waals surface area contributed by atoms with Crippen LogP contribution in [0.25, 0.3) is 0 Å². The molecule has 0 heterocycles. The first-order chi connectivity index (χ1) is 12.2. The SMILES string of the molecule is O=C(Nc1ccc(COc2ccccc2)cc1)N[C@@H]1C=C[C@H](CO)C1. The summed E-state index contributed by atoms with van der Waals surface area (Å²) in [6.07, 6.45) is 4.59. The lowest BCUT2D eigenvalue weighted by atomic mass is 10.1. The first-order valence-corrected chi connectivity index (χ1v) is 8.36. The zero-order valence-corrected chi connectivity index (χ0v) is 13.9. The highest BCUT2D eigenvalue weighted by atomic mass is 16.5. The zero-order valence-electron chi connectivity index (χ0n) is 13.9. The van der Waals surface area contributed by atoms with Gasteiger partial charge in [0.15, 0.2) is 0 Å². The van der Waals surface area contributed by atoms with Crippen LogP contribution in [0.15, 0.2) is 66.7 Å². The molecule has 2 amide bonds. The first-order valence-electron chi connectivity index (χ1n) is 8.36. The number of carbonyl (C=O) groups excluding carboxylic acids is 1. The second kappa shape index (κ2) is 8.35. The van der Waals surface area contributed by atoms with Gasteiger partial charge in [0.25, 0.3) is 0 Å². The second-order valence-corrected chi connectivity index (χ2v) is 6.07. The third kappa shape index (κ3) is 5.09. The lowest BCUT2D eigenvalue weighted by Gasteiger charge is -2.14. The maximum Gasteiger partial charge on any atom is 0.319 e. The number of anilines is 1. The van der Waals surface area contributed by atoms with Gasteiger partial charge in [0, 0.05) is 24.3 Å². The Hall–Kier alpha value is -2.79. The summed E-state index contributed by atoms with van der Waals surface area (Å²) in [6, 6.07) is 16.9. The van der Waals surface area contributed by atoms with Gasteiger partial charge in [0.1, 0.15) is 12.4 Å². The summed E-state index contributed by atoms with van der Waals surface area (Å²) >= 11 is 0. The number of rotatable bonds is 6. The van der Waals surface area contributed by atoms with E-state index in [0.717, 1.165) is 23.4 Å². The fourth-order valence-electron chi connectivity index (χ4n) is 2.72. The summed E-state index contributed by atoms with van der Waals surface area (Å²) in [7, 11) is 0. The molecule has 0 unspecified atom stereocenters. The number of carbonyl (C=O) groups is 1. The average Bonchev–Trinajstić information content (AvgIpc) is 3.09.